The van der Waals surface area contributed by atoms with Crippen LogP contribution in [0, 0.1) is 0 Å². The van der Waals surface area contributed by atoms with Crippen LogP contribution in [0.1, 0.15) is 32.0 Å². The SMILES string of the molecule is CC(C)(C)N(C(=O)[O-])C(Cc1ccc(OCc2ccccc2)cn1)C(=O)N1CCSCC1. The van der Waals surface area contributed by atoms with Crippen molar-refractivity contribution in [3.8, 4) is 5.75 Å². The Hall–Kier alpha value is -2.74. The third-order valence-corrected chi connectivity index (χ3v) is 6.23. The lowest BCUT2D eigenvalue weighted by molar-refractivity contribution is -0.273. The van der Waals surface area contributed by atoms with Crippen molar-refractivity contribution < 1.29 is 19.4 Å². The number of ether oxygens (including phenoxy) is 1. The minimum absolute atomic E-state index is 0.173. The zero-order valence-corrected chi connectivity index (χ0v) is 19.6. The van der Waals surface area contributed by atoms with Gasteiger partial charge in [-0.3, -0.25) is 9.78 Å². The van der Waals surface area contributed by atoms with Crippen LogP contribution in [0.2, 0.25) is 0 Å². The van der Waals surface area contributed by atoms with Crippen molar-refractivity contribution >= 4 is 23.8 Å². The summed E-state index contributed by atoms with van der Waals surface area (Å²) in [7, 11) is 0. The van der Waals surface area contributed by atoms with Gasteiger partial charge in [0.1, 0.15) is 24.5 Å². The predicted molar refractivity (Wildman–Crippen MR) is 123 cm³/mol. The number of amides is 2. The summed E-state index contributed by atoms with van der Waals surface area (Å²) >= 11 is 1.79. The van der Waals surface area contributed by atoms with Crippen LogP contribution in [0.4, 0.5) is 4.79 Å². The minimum atomic E-state index is -1.36. The third-order valence-electron chi connectivity index (χ3n) is 5.29. The molecule has 0 N–H and O–H groups in total. The van der Waals surface area contributed by atoms with Crippen molar-refractivity contribution in [3.63, 3.8) is 0 Å². The summed E-state index contributed by atoms with van der Waals surface area (Å²) in [5.41, 5.74) is 0.886. The van der Waals surface area contributed by atoms with Gasteiger partial charge in [-0.15, -0.1) is 0 Å². The van der Waals surface area contributed by atoms with Gasteiger partial charge in [0, 0.05) is 42.2 Å². The molecule has 0 aliphatic carbocycles. The monoisotopic (exact) mass is 456 g/mol. The molecule has 1 fully saturated rings. The highest BCUT2D eigenvalue weighted by atomic mass is 32.2. The second-order valence-electron chi connectivity index (χ2n) is 8.72. The molecule has 2 heterocycles. The second kappa shape index (κ2) is 10.7. The number of nitrogens with zero attached hydrogens (tertiary/aromatic N) is 3. The van der Waals surface area contributed by atoms with Gasteiger partial charge in [0.15, 0.2) is 0 Å². The van der Waals surface area contributed by atoms with Crippen LogP contribution in [-0.4, -0.2) is 63.0 Å². The number of hydrogen-bond donors (Lipinski definition) is 0. The van der Waals surface area contributed by atoms with Crippen molar-refractivity contribution in [2.75, 3.05) is 24.6 Å². The van der Waals surface area contributed by atoms with Gasteiger partial charge in [0.05, 0.1) is 6.20 Å². The molecule has 172 valence electrons. The van der Waals surface area contributed by atoms with E-state index in [0.29, 0.717) is 31.1 Å². The molecule has 1 aromatic heterocycles. The topological polar surface area (TPSA) is 85.8 Å². The van der Waals surface area contributed by atoms with Crippen molar-refractivity contribution in [3.05, 3.63) is 59.9 Å². The van der Waals surface area contributed by atoms with Crippen LogP contribution < -0.4 is 9.84 Å². The Balaban J connectivity index is 1.76. The Labute approximate surface area is 193 Å². The number of carbonyl (C=O) groups is 2. The van der Waals surface area contributed by atoms with Crippen LogP contribution in [0.3, 0.4) is 0 Å². The average Bonchev–Trinajstić information content (AvgIpc) is 2.78. The van der Waals surface area contributed by atoms with Gasteiger partial charge in [-0.1, -0.05) is 30.3 Å². The Morgan fingerprint density at radius 3 is 2.41 bits per heavy atom. The fourth-order valence-corrected chi connectivity index (χ4v) is 4.61. The van der Waals surface area contributed by atoms with E-state index < -0.39 is 17.7 Å². The van der Waals surface area contributed by atoms with Crippen molar-refractivity contribution in [1.29, 1.82) is 0 Å². The summed E-state index contributed by atoms with van der Waals surface area (Å²) in [6, 6.07) is 12.5. The number of carboxylic acid groups (broad SMARTS) is 1. The Morgan fingerprint density at radius 2 is 1.84 bits per heavy atom. The summed E-state index contributed by atoms with van der Waals surface area (Å²) in [5, 5.41) is 12.0. The molecule has 7 nitrogen and oxygen atoms in total. The third kappa shape index (κ3) is 6.38. The first-order valence-electron chi connectivity index (χ1n) is 10.7. The lowest BCUT2D eigenvalue weighted by Crippen LogP contribution is -2.62. The summed E-state index contributed by atoms with van der Waals surface area (Å²) < 4.78 is 5.78. The largest absolute Gasteiger partial charge is 0.530 e. The highest BCUT2D eigenvalue weighted by molar-refractivity contribution is 7.99. The number of carbonyl (C=O) groups excluding carboxylic acids is 2. The predicted octanol–water partition coefficient (Wildman–Crippen LogP) is 2.59. The molecule has 0 radical (unpaired) electrons. The fourth-order valence-electron chi connectivity index (χ4n) is 3.71. The van der Waals surface area contributed by atoms with Crippen molar-refractivity contribution in [1.82, 2.24) is 14.8 Å². The van der Waals surface area contributed by atoms with Crippen LogP contribution in [0.25, 0.3) is 0 Å². The first-order valence-corrected chi connectivity index (χ1v) is 11.9. The summed E-state index contributed by atoms with van der Waals surface area (Å²) in [4.78, 5) is 32.7. The van der Waals surface area contributed by atoms with E-state index in [1.807, 2.05) is 30.3 Å². The van der Waals surface area contributed by atoms with Gasteiger partial charge in [-0.2, -0.15) is 11.8 Å². The number of pyridine rings is 1. The summed E-state index contributed by atoms with van der Waals surface area (Å²) in [5.74, 6) is 2.12. The molecule has 1 unspecified atom stereocenters. The van der Waals surface area contributed by atoms with Gasteiger partial charge < -0.3 is 24.4 Å². The number of aromatic nitrogens is 1. The van der Waals surface area contributed by atoms with Gasteiger partial charge in [0.25, 0.3) is 0 Å². The maximum Gasteiger partial charge on any atom is 0.245 e. The summed E-state index contributed by atoms with van der Waals surface area (Å²) in [6.45, 7) is 6.96. The van der Waals surface area contributed by atoms with Crippen LogP contribution in [0.5, 0.6) is 5.75 Å². The fraction of sp³-hybridized carbons (Fsp3) is 0.458. The average molecular weight is 457 g/mol. The molecule has 0 saturated carbocycles. The van der Waals surface area contributed by atoms with E-state index in [-0.39, 0.29) is 12.3 Å². The van der Waals surface area contributed by atoms with Gasteiger partial charge in [-0.25, -0.2) is 0 Å². The standard InChI is InChI=1S/C24H31N3O4S/c1-24(2,3)27(23(29)30)21(22(28)26-11-13-32-14-12-26)15-19-9-10-20(16-25-19)31-17-18-7-5-4-6-8-18/h4-10,16,21H,11-15,17H2,1-3H3,(H,29,30)/p-1. The van der Waals surface area contributed by atoms with Crippen molar-refractivity contribution in [2.45, 2.75) is 45.4 Å². The minimum Gasteiger partial charge on any atom is -0.530 e. The molecule has 8 heteroatoms. The van der Waals surface area contributed by atoms with Crippen LogP contribution >= 0.6 is 11.8 Å². The number of thioether (sulfide) groups is 1. The molecule has 3 rings (SSSR count). The molecule has 32 heavy (non-hydrogen) atoms. The zero-order valence-electron chi connectivity index (χ0n) is 18.8. The van der Waals surface area contributed by atoms with E-state index in [1.54, 1.807) is 55.8 Å². The lowest BCUT2D eigenvalue weighted by Gasteiger charge is -2.44. The van der Waals surface area contributed by atoms with Gasteiger partial charge >= 0.3 is 0 Å². The molecule has 0 spiro atoms. The molecule has 1 aromatic carbocycles. The first kappa shape index (κ1) is 23.9. The maximum absolute atomic E-state index is 13.4. The molecule has 1 atom stereocenters. The zero-order chi connectivity index (χ0) is 23.1. The lowest BCUT2D eigenvalue weighted by atomic mass is 9.99. The van der Waals surface area contributed by atoms with Crippen LogP contribution in [-0.2, 0) is 17.8 Å². The van der Waals surface area contributed by atoms with E-state index >= 15 is 0 Å². The number of hydrogen-bond acceptors (Lipinski definition) is 6. The number of rotatable bonds is 7. The normalized spacial score (nSPS) is 15.2. The highest BCUT2D eigenvalue weighted by Crippen LogP contribution is 2.23. The van der Waals surface area contributed by atoms with E-state index in [0.717, 1.165) is 22.0 Å². The van der Waals surface area contributed by atoms with E-state index in [1.165, 1.54) is 0 Å². The quantitative estimate of drug-likeness (QED) is 0.637. The Morgan fingerprint density at radius 1 is 1.16 bits per heavy atom. The van der Waals surface area contributed by atoms with Crippen molar-refractivity contribution in [2.24, 2.45) is 0 Å². The highest BCUT2D eigenvalue weighted by Gasteiger charge is 2.36. The smallest absolute Gasteiger partial charge is 0.245 e. The second-order valence-corrected chi connectivity index (χ2v) is 9.95. The van der Waals surface area contributed by atoms with E-state index in [4.69, 9.17) is 4.74 Å². The van der Waals surface area contributed by atoms with Gasteiger partial charge in [0.2, 0.25) is 5.91 Å². The molecule has 0 bridgehead atoms. The maximum atomic E-state index is 13.4. The van der Waals surface area contributed by atoms with Gasteiger partial charge in [-0.05, 0) is 38.5 Å². The van der Waals surface area contributed by atoms with E-state index in [9.17, 15) is 14.7 Å². The Kier molecular flexibility index (Phi) is 8.01. The molecule has 2 aromatic rings. The molecule has 1 aliphatic rings. The number of benzene rings is 1. The molecule has 2 amide bonds. The first-order chi connectivity index (χ1) is 15.3. The van der Waals surface area contributed by atoms with E-state index in [2.05, 4.69) is 4.98 Å². The van der Waals surface area contributed by atoms with Crippen LogP contribution in [0.15, 0.2) is 48.7 Å². The molecule has 1 saturated heterocycles. The Bertz CT molecular complexity index is 894. The summed E-state index contributed by atoms with van der Waals surface area (Å²) in [6.07, 6.45) is 0.426. The molecular weight excluding hydrogens is 426 g/mol. The molecular formula is C24H30N3O4S-. The molecule has 1 aliphatic heterocycles.